The molecule has 2 aliphatic rings. The molecule has 6 rings (SSSR count). The van der Waals surface area contributed by atoms with Crippen molar-refractivity contribution in [2.45, 2.75) is 20.4 Å². The van der Waals surface area contributed by atoms with E-state index < -0.39 is 0 Å². The Balaban J connectivity index is 1.54. The van der Waals surface area contributed by atoms with Gasteiger partial charge < -0.3 is 14.6 Å². The summed E-state index contributed by atoms with van der Waals surface area (Å²) < 4.78 is 11.0. The minimum atomic E-state index is 0.396. The maximum atomic E-state index is 6.43. The van der Waals surface area contributed by atoms with Crippen molar-refractivity contribution in [3.05, 3.63) is 83.4 Å². The number of amidine groups is 1. The number of hydrogen-bond acceptors (Lipinski definition) is 9. The topological polar surface area (TPSA) is 109 Å². The zero-order chi connectivity index (χ0) is 22.5. The third-order valence-corrected chi connectivity index (χ3v) is 5.90. The Labute approximate surface area is 189 Å². The summed E-state index contributed by atoms with van der Waals surface area (Å²) in [6, 6.07) is 14.1. The van der Waals surface area contributed by atoms with Gasteiger partial charge in [0.25, 0.3) is 0 Å². The van der Waals surface area contributed by atoms with E-state index >= 15 is 0 Å². The van der Waals surface area contributed by atoms with Crippen LogP contribution in [0, 0.1) is 13.8 Å². The molecule has 4 aromatic rings. The maximum Gasteiger partial charge on any atom is 0.203 e. The number of nitrogens with two attached hydrogens (primary N) is 1. The predicted molar refractivity (Wildman–Crippen MR) is 125 cm³/mol. The summed E-state index contributed by atoms with van der Waals surface area (Å²) in [5.41, 5.74) is 13.4. The minimum absolute atomic E-state index is 0.396. The van der Waals surface area contributed by atoms with Gasteiger partial charge in [-0.2, -0.15) is 5.10 Å². The first-order chi connectivity index (χ1) is 16.1. The van der Waals surface area contributed by atoms with Crippen LogP contribution >= 0.6 is 0 Å². The second-order valence-corrected chi connectivity index (χ2v) is 8.06. The first kappa shape index (κ1) is 19.3. The van der Waals surface area contributed by atoms with E-state index in [1.807, 2.05) is 60.2 Å². The number of guanidine groups is 1. The third-order valence-electron chi connectivity index (χ3n) is 5.90. The fourth-order valence-electron chi connectivity index (χ4n) is 4.24. The quantitative estimate of drug-likeness (QED) is 0.516. The summed E-state index contributed by atoms with van der Waals surface area (Å²) >= 11 is 0. The lowest BCUT2D eigenvalue weighted by atomic mass is 9.95. The molecule has 2 aromatic heterocycles. The lowest BCUT2D eigenvalue weighted by Crippen LogP contribution is -2.44. The third kappa shape index (κ3) is 3.16. The van der Waals surface area contributed by atoms with Crippen LogP contribution in [0.15, 0.2) is 74.2 Å². The summed E-state index contributed by atoms with van der Waals surface area (Å²) in [5, 5.41) is 6.85. The van der Waals surface area contributed by atoms with Crippen molar-refractivity contribution in [2.24, 2.45) is 15.8 Å². The van der Waals surface area contributed by atoms with Gasteiger partial charge in [0.15, 0.2) is 24.2 Å². The fourth-order valence-corrected chi connectivity index (χ4v) is 4.24. The summed E-state index contributed by atoms with van der Waals surface area (Å²) in [7, 11) is 0. The van der Waals surface area contributed by atoms with E-state index in [-0.39, 0.29) is 0 Å². The second-order valence-electron chi connectivity index (χ2n) is 8.06. The molecule has 2 aromatic carbocycles. The Bertz CT molecular complexity index is 1460. The molecule has 0 bridgehead atoms. The van der Waals surface area contributed by atoms with Crippen LogP contribution in [0.4, 0.5) is 0 Å². The molecule has 0 spiro atoms. The van der Waals surface area contributed by atoms with Gasteiger partial charge in [-0.05, 0) is 37.1 Å². The molecule has 0 atom stereocenters. The molecule has 9 nitrogen and oxygen atoms in total. The van der Waals surface area contributed by atoms with Gasteiger partial charge in [0.05, 0.1) is 17.8 Å². The van der Waals surface area contributed by atoms with Crippen LogP contribution in [0.3, 0.4) is 0 Å². The van der Waals surface area contributed by atoms with E-state index in [2.05, 4.69) is 16.0 Å². The summed E-state index contributed by atoms with van der Waals surface area (Å²) in [6.07, 6.45) is 2.91. The first-order valence-corrected chi connectivity index (χ1v) is 10.6. The van der Waals surface area contributed by atoms with Gasteiger partial charge in [-0.3, -0.25) is 9.91 Å². The van der Waals surface area contributed by atoms with Crippen molar-refractivity contribution < 1.29 is 8.83 Å². The van der Waals surface area contributed by atoms with Crippen molar-refractivity contribution >= 4 is 34.2 Å². The molecular formula is C24H21N7O2. The van der Waals surface area contributed by atoms with Gasteiger partial charge >= 0.3 is 0 Å². The highest BCUT2D eigenvalue weighted by Gasteiger charge is 2.35. The van der Waals surface area contributed by atoms with Crippen molar-refractivity contribution in [2.75, 3.05) is 6.67 Å². The molecule has 0 unspecified atom stereocenters. The molecule has 0 aliphatic carbocycles. The molecule has 33 heavy (non-hydrogen) atoms. The number of rotatable bonds is 4. The van der Waals surface area contributed by atoms with E-state index in [0.717, 1.165) is 50.8 Å². The Kier molecular flexibility index (Phi) is 4.29. The summed E-state index contributed by atoms with van der Waals surface area (Å²) in [4.78, 5) is 15.4. The number of oxazole rings is 2. The monoisotopic (exact) mass is 439 g/mol. The van der Waals surface area contributed by atoms with Gasteiger partial charge in [0.2, 0.25) is 5.96 Å². The number of fused-ring (bicyclic) bond motifs is 2. The lowest BCUT2D eigenvalue weighted by Gasteiger charge is -2.27. The number of hydrazone groups is 1. The van der Waals surface area contributed by atoms with E-state index in [9.17, 15) is 0 Å². The van der Waals surface area contributed by atoms with Crippen LogP contribution in [-0.4, -0.2) is 38.3 Å². The molecule has 164 valence electrons. The van der Waals surface area contributed by atoms with Gasteiger partial charge in [0.1, 0.15) is 23.6 Å². The molecule has 0 radical (unpaired) electrons. The molecule has 0 fully saturated rings. The van der Waals surface area contributed by atoms with Gasteiger partial charge in [0, 0.05) is 5.56 Å². The average Bonchev–Trinajstić information content (AvgIpc) is 3.55. The largest absolute Gasteiger partial charge is 0.448 e. The van der Waals surface area contributed by atoms with Crippen LogP contribution in [0.2, 0.25) is 0 Å². The van der Waals surface area contributed by atoms with Crippen LogP contribution in [0.1, 0.15) is 28.1 Å². The molecular weight excluding hydrogens is 418 g/mol. The Morgan fingerprint density at radius 3 is 2.61 bits per heavy atom. The Morgan fingerprint density at radius 1 is 1.00 bits per heavy atom. The predicted octanol–water partition coefficient (Wildman–Crippen LogP) is 3.72. The van der Waals surface area contributed by atoms with E-state index in [4.69, 9.17) is 24.7 Å². The molecule has 9 heteroatoms. The maximum absolute atomic E-state index is 6.43. The normalized spacial score (nSPS) is 15.8. The highest BCUT2D eigenvalue weighted by atomic mass is 16.3. The molecule has 4 heterocycles. The smallest absolute Gasteiger partial charge is 0.203 e. The van der Waals surface area contributed by atoms with E-state index in [1.165, 1.54) is 12.8 Å². The van der Waals surface area contributed by atoms with Crippen molar-refractivity contribution in [3.8, 4) is 0 Å². The molecule has 0 amide bonds. The van der Waals surface area contributed by atoms with Crippen LogP contribution in [0.5, 0.6) is 0 Å². The van der Waals surface area contributed by atoms with Crippen LogP contribution in [-0.2, 0) is 6.54 Å². The highest BCUT2D eigenvalue weighted by Crippen LogP contribution is 2.37. The summed E-state index contributed by atoms with van der Waals surface area (Å²) in [5.74, 6) is 1.91. The Morgan fingerprint density at radius 2 is 1.82 bits per heavy atom. The summed E-state index contributed by atoms with van der Waals surface area (Å²) in [6.45, 7) is 4.88. The van der Waals surface area contributed by atoms with Gasteiger partial charge in [-0.1, -0.05) is 30.3 Å². The number of aromatic nitrogens is 2. The number of nitrogens with zero attached hydrogens (tertiary/aromatic N) is 6. The SMILES string of the molecule is Cc1ocnc1CN1CN2C(N)=NC(c3ccccc3)=C(c3cc(C)c4ncoc4c3)C2=N1. The second kappa shape index (κ2) is 7.33. The lowest BCUT2D eigenvalue weighted by molar-refractivity contribution is 0.259. The van der Waals surface area contributed by atoms with E-state index in [0.29, 0.717) is 24.8 Å². The zero-order valence-electron chi connectivity index (χ0n) is 18.2. The zero-order valence-corrected chi connectivity index (χ0v) is 18.2. The van der Waals surface area contributed by atoms with Crippen molar-refractivity contribution in [1.82, 2.24) is 19.9 Å². The fraction of sp³-hybridized carbons (Fsp3) is 0.167. The van der Waals surface area contributed by atoms with Crippen LogP contribution in [0.25, 0.3) is 22.4 Å². The molecule has 2 aliphatic heterocycles. The standard InChI is InChI=1S/C24H21N7O2/c1-14-8-17(9-19-21(14)27-12-33-19)20-22(16-6-4-3-5-7-16)28-24(25)31-13-30(29-23(20)31)10-18-15(2)32-11-26-18/h3-9,11-12H,10,13H2,1-2H3,(H2,25,28). The first-order valence-electron chi connectivity index (χ1n) is 10.6. The number of hydrogen-bond donors (Lipinski definition) is 1. The van der Waals surface area contributed by atoms with Crippen molar-refractivity contribution in [3.63, 3.8) is 0 Å². The highest BCUT2D eigenvalue weighted by molar-refractivity contribution is 6.35. The van der Waals surface area contributed by atoms with Gasteiger partial charge in [-0.25, -0.2) is 15.0 Å². The number of benzene rings is 2. The molecule has 0 saturated carbocycles. The van der Waals surface area contributed by atoms with E-state index in [1.54, 1.807) is 0 Å². The molecule has 0 saturated heterocycles. The number of aliphatic imine (C=N–C) groups is 1. The van der Waals surface area contributed by atoms with Crippen molar-refractivity contribution in [1.29, 1.82) is 0 Å². The minimum Gasteiger partial charge on any atom is -0.448 e. The Hall–Kier alpha value is -4.40. The number of aryl methyl sites for hydroxylation is 2. The average molecular weight is 439 g/mol. The van der Waals surface area contributed by atoms with Crippen LogP contribution < -0.4 is 5.73 Å². The molecule has 2 N–H and O–H groups in total. The van der Waals surface area contributed by atoms with Gasteiger partial charge in [-0.15, -0.1) is 0 Å².